The molecule has 0 atom stereocenters. The van der Waals surface area contributed by atoms with Crippen LogP contribution < -0.4 is 5.32 Å². The predicted molar refractivity (Wildman–Crippen MR) is 113 cm³/mol. The van der Waals surface area contributed by atoms with Crippen LogP contribution in [0.3, 0.4) is 0 Å². The van der Waals surface area contributed by atoms with Crippen LogP contribution in [0.4, 0.5) is 5.69 Å². The number of ether oxygens (including phenoxy) is 1. The van der Waals surface area contributed by atoms with E-state index in [9.17, 15) is 9.59 Å². The van der Waals surface area contributed by atoms with Crippen LogP contribution in [0.5, 0.6) is 0 Å². The van der Waals surface area contributed by atoms with Crippen molar-refractivity contribution in [1.82, 2.24) is 4.90 Å². The van der Waals surface area contributed by atoms with Gasteiger partial charge in [-0.1, -0.05) is 43.3 Å². The fourth-order valence-electron chi connectivity index (χ4n) is 2.73. The molecule has 2 aromatic carbocycles. The average Bonchev–Trinajstić information content (AvgIpc) is 2.68. The van der Waals surface area contributed by atoms with Crippen molar-refractivity contribution in [2.24, 2.45) is 0 Å². The summed E-state index contributed by atoms with van der Waals surface area (Å²) in [4.78, 5) is 25.6. The summed E-state index contributed by atoms with van der Waals surface area (Å²) in [7, 11) is 1.93. The third-order valence-corrected chi connectivity index (χ3v) is 4.19. The Kier molecular flexibility index (Phi) is 8.43. The fourth-order valence-corrected chi connectivity index (χ4v) is 2.73. The highest BCUT2D eigenvalue weighted by molar-refractivity contribution is 5.92. The number of hydrogen-bond acceptors (Lipinski definition) is 4. The van der Waals surface area contributed by atoms with Crippen LogP contribution in [0.25, 0.3) is 6.08 Å². The third-order valence-electron chi connectivity index (χ3n) is 4.19. The molecule has 0 bridgehead atoms. The molecule has 0 saturated heterocycles. The molecule has 2 rings (SSSR count). The van der Waals surface area contributed by atoms with Crippen LogP contribution in [0.2, 0.25) is 0 Å². The van der Waals surface area contributed by atoms with Crippen LogP contribution in [0.15, 0.2) is 54.6 Å². The van der Waals surface area contributed by atoms with Gasteiger partial charge in [0, 0.05) is 18.3 Å². The second-order valence-corrected chi connectivity index (χ2v) is 6.60. The number of amides is 1. The van der Waals surface area contributed by atoms with E-state index in [-0.39, 0.29) is 11.9 Å². The number of anilines is 1. The number of likely N-dealkylation sites (N-methyl/N-ethyl adjacent to an activating group) is 1. The first kappa shape index (κ1) is 21.4. The largest absolute Gasteiger partial charge is 0.463 e. The van der Waals surface area contributed by atoms with Gasteiger partial charge in [0.1, 0.15) is 0 Å². The van der Waals surface area contributed by atoms with Crippen molar-refractivity contribution in [2.75, 3.05) is 25.5 Å². The number of esters is 1. The van der Waals surface area contributed by atoms with Crippen LogP contribution in [0.1, 0.15) is 30.5 Å². The van der Waals surface area contributed by atoms with Gasteiger partial charge in [0.2, 0.25) is 5.91 Å². The van der Waals surface area contributed by atoms with Gasteiger partial charge in [0.15, 0.2) is 0 Å². The number of nitrogens with zero attached hydrogens (tertiary/aromatic N) is 1. The molecule has 0 unspecified atom stereocenters. The van der Waals surface area contributed by atoms with Gasteiger partial charge in [0.05, 0.1) is 13.2 Å². The first-order valence-corrected chi connectivity index (χ1v) is 9.51. The Hall–Kier alpha value is -2.92. The molecule has 0 aliphatic rings. The van der Waals surface area contributed by atoms with E-state index in [0.717, 1.165) is 24.2 Å². The van der Waals surface area contributed by atoms with E-state index in [0.29, 0.717) is 13.2 Å². The van der Waals surface area contributed by atoms with E-state index < -0.39 is 0 Å². The highest BCUT2D eigenvalue weighted by atomic mass is 16.5. The van der Waals surface area contributed by atoms with Gasteiger partial charge < -0.3 is 10.1 Å². The van der Waals surface area contributed by atoms with Crippen LogP contribution in [-0.2, 0) is 27.3 Å². The molecular formula is C23H28N2O3. The first-order valence-electron chi connectivity index (χ1n) is 9.51. The summed E-state index contributed by atoms with van der Waals surface area (Å²) < 4.78 is 4.84. The molecule has 0 heterocycles. The normalized spacial score (nSPS) is 11.0. The Labute approximate surface area is 167 Å². The summed E-state index contributed by atoms with van der Waals surface area (Å²) in [6.45, 7) is 5.28. The maximum atomic E-state index is 12.3. The van der Waals surface area contributed by atoms with Gasteiger partial charge in [0.25, 0.3) is 0 Å². The predicted octanol–water partition coefficient (Wildman–Crippen LogP) is 3.90. The Bertz CT molecular complexity index is 796. The lowest BCUT2D eigenvalue weighted by atomic mass is 10.1. The van der Waals surface area contributed by atoms with Crippen molar-refractivity contribution >= 4 is 23.6 Å². The number of aryl methyl sites for hydroxylation is 1. The summed E-state index contributed by atoms with van der Waals surface area (Å²) in [6.07, 6.45) is 4.09. The maximum absolute atomic E-state index is 12.3. The van der Waals surface area contributed by atoms with Crippen molar-refractivity contribution < 1.29 is 14.3 Å². The van der Waals surface area contributed by atoms with E-state index in [2.05, 4.69) is 36.5 Å². The molecule has 0 aliphatic heterocycles. The minimum Gasteiger partial charge on any atom is -0.463 e. The van der Waals surface area contributed by atoms with E-state index in [1.165, 1.54) is 17.2 Å². The van der Waals surface area contributed by atoms with Gasteiger partial charge >= 0.3 is 5.97 Å². The second-order valence-electron chi connectivity index (χ2n) is 6.60. The summed E-state index contributed by atoms with van der Waals surface area (Å²) in [6, 6.07) is 15.8. The molecule has 0 aliphatic carbocycles. The Morgan fingerprint density at radius 1 is 1.00 bits per heavy atom. The number of nitrogens with one attached hydrogen (secondary N) is 1. The van der Waals surface area contributed by atoms with E-state index in [4.69, 9.17) is 4.74 Å². The van der Waals surface area contributed by atoms with Crippen molar-refractivity contribution in [3.63, 3.8) is 0 Å². The standard InChI is InChI=1S/C23H28N2O3/c1-4-18-6-8-20(9-7-18)16-25(3)17-22(26)24-21-13-10-19(11-14-21)12-15-23(27)28-5-2/h6-15H,4-5,16-17H2,1-3H3,(H,24,26)/b15-12+. The molecule has 0 fully saturated rings. The summed E-state index contributed by atoms with van der Waals surface area (Å²) in [5.41, 5.74) is 4.08. The highest BCUT2D eigenvalue weighted by Gasteiger charge is 2.08. The van der Waals surface area contributed by atoms with E-state index in [1.54, 1.807) is 13.0 Å². The topological polar surface area (TPSA) is 58.6 Å². The maximum Gasteiger partial charge on any atom is 0.330 e. The Morgan fingerprint density at radius 3 is 2.25 bits per heavy atom. The quantitative estimate of drug-likeness (QED) is 0.530. The lowest BCUT2D eigenvalue weighted by Gasteiger charge is -2.16. The second kappa shape index (κ2) is 11.0. The molecule has 2 aromatic rings. The van der Waals surface area contributed by atoms with Crippen molar-refractivity contribution in [2.45, 2.75) is 26.8 Å². The summed E-state index contributed by atoms with van der Waals surface area (Å²) >= 11 is 0. The van der Waals surface area contributed by atoms with Crippen LogP contribution in [-0.4, -0.2) is 37.0 Å². The molecule has 28 heavy (non-hydrogen) atoms. The lowest BCUT2D eigenvalue weighted by Crippen LogP contribution is -2.29. The minimum atomic E-state index is -0.368. The van der Waals surface area contributed by atoms with Crippen LogP contribution in [0, 0.1) is 0 Å². The van der Waals surface area contributed by atoms with E-state index >= 15 is 0 Å². The Balaban J connectivity index is 1.82. The zero-order valence-corrected chi connectivity index (χ0v) is 16.8. The summed E-state index contributed by atoms with van der Waals surface area (Å²) in [5, 5.41) is 2.89. The summed E-state index contributed by atoms with van der Waals surface area (Å²) in [5.74, 6) is -0.435. The van der Waals surface area contributed by atoms with E-state index in [1.807, 2.05) is 36.2 Å². The molecule has 1 N–H and O–H groups in total. The van der Waals surface area contributed by atoms with Gasteiger partial charge in [-0.15, -0.1) is 0 Å². The molecule has 0 radical (unpaired) electrons. The minimum absolute atomic E-state index is 0.0671. The average molecular weight is 380 g/mol. The molecule has 148 valence electrons. The molecule has 5 nitrogen and oxygen atoms in total. The fraction of sp³-hybridized carbons (Fsp3) is 0.304. The van der Waals surface area contributed by atoms with Crippen molar-refractivity contribution in [3.8, 4) is 0 Å². The number of carbonyl (C=O) groups excluding carboxylic acids is 2. The van der Waals surface area contributed by atoms with Gasteiger partial charge in [-0.2, -0.15) is 0 Å². The Morgan fingerprint density at radius 2 is 1.64 bits per heavy atom. The number of benzene rings is 2. The molecule has 0 aromatic heterocycles. The molecular weight excluding hydrogens is 352 g/mol. The molecule has 0 spiro atoms. The first-order chi connectivity index (χ1) is 13.5. The van der Waals surface area contributed by atoms with Gasteiger partial charge in [-0.05, 0) is 55.3 Å². The zero-order valence-electron chi connectivity index (χ0n) is 16.8. The molecule has 5 heteroatoms. The third kappa shape index (κ3) is 7.37. The SMILES string of the molecule is CCOC(=O)/C=C/c1ccc(NC(=O)CN(C)Cc2ccc(CC)cc2)cc1. The number of hydrogen-bond donors (Lipinski definition) is 1. The smallest absolute Gasteiger partial charge is 0.330 e. The number of rotatable bonds is 9. The van der Waals surface area contributed by atoms with Crippen molar-refractivity contribution in [1.29, 1.82) is 0 Å². The molecule has 1 amide bonds. The van der Waals surface area contributed by atoms with Gasteiger partial charge in [-0.3, -0.25) is 9.69 Å². The van der Waals surface area contributed by atoms with Crippen molar-refractivity contribution in [3.05, 3.63) is 71.3 Å². The monoisotopic (exact) mass is 380 g/mol. The number of carbonyl (C=O) groups is 2. The van der Waals surface area contributed by atoms with Gasteiger partial charge in [-0.25, -0.2) is 4.79 Å². The molecule has 0 saturated carbocycles. The lowest BCUT2D eigenvalue weighted by molar-refractivity contribution is -0.137. The van der Waals surface area contributed by atoms with Crippen LogP contribution >= 0.6 is 0 Å². The highest BCUT2D eigenvalue weighted by Crippen LogP contribution is 2.12. The zero-order chi connectivity index (χ0) is 20.4.